The van der Waals surface area contributed by atoms with Crippen molar-refractivity contribution in [1.82, 2.24) is 0 Å². The van der Waals surface area contributed by atoms with Crippen LogP contribution in [0.25, 0.3) is 0 Å². The maximum atomic E-state index is 12.0. The molecule has 0 bridgehead atoms. The highest BCUT2D eigenvalue weighted by Gasteiger charge is 2.17. The first-order valence-corrected chi connectivity index (χ1v) is 8.63. The number of hydrogen-bond donors (Lipinski definition) is 0. The fourth-order valence-corrected chi connectivity index (χ4v) is 3.16. The minimum Gasteiger partial charge on any atom is -0.497 e. The lowest BCUT2D eigenvalue weighted by molar-refractivity contribution is -0.116. The summed E-state index contributed by atoms with van der Waals surface area (Å²) in [7, 11) is 3.36. The predicted octanol–water partition coefficient (Wildman–Crippen LogP) is 5.04. The van der Waals surface area contributed by atoms with Crippen LogP contribution in [0.2, 0.25) is 0 Å². The first kappa shape index (κ1) is 18.3. The van der Waals surface area contributed by atoms with Gasteiger partial charge in [-0.15, -0.1) is 0 Å². The summed E-state index contributed by atoms with van der Waals surface area (Å²) < 4.78 is 10.7. The van der Waals surface area contributed by atoms with Crippen molar-refractivity contribution >= 4 is 5.78 Å². The molecule has 0 radical (unpaired) electrons. The molecular weight excluding hydrogens is 300 g/mol. The summed E-state index contributed by atoms with van der Waals surface area (Å²) in [5.74, 6) is 2.06. The highest BCUT2D eigenvalue weighted by atomic mass is 16.5. The van der Waals surface area contributed by atoms with Gasteiger partial charge in [-0.25, -0.2) is 0 Å². The Morgan fingerprint density at radius 3 is 2.67 bits per heavy atom. The number of Topliss-reactive ketones (excluding diaryl/α,β-unsaturated/α-hetero) is 1. The molecule has 0 N–H and O–H groups in total. The van der Waals surface area contributed by atoms with Crippen LogP contribution in [-0.4, -0.2) is 20.0 Å². The lowest BCUT2D eigenvalue weighted by atomic mass is 9.88. The Morgan fingerprint density at radius 2 is 2.00 bits per heavy atom. The highest BCUT2D eigenvalue weighted by Crippen LogP contribution is 2.27. The van der Waals surface area contributed by atoms with Crippen molar-refractivity contribution in [2.24, 2.45) is 0 Å². The number of allylic oxidation sites excluding steroid dienone is 4. The Hall–Kier alpha value is -2.03. The van der Waals surface area contributed by atoms with Crippen LogP contribution in [0.1, 0.15) is 51.5 Å². The molecule has 3 heteroatoms. The molecule has 24 heavy (non-hydrogen) atoms. The van der Waals surface area contributed by atoms with Gasteiger partial charge >= 0.3 is 0 Å². The molecule has 1 aromatic carbocycles. The summed E-state index contributed by atoms with van der Waals surface area (Å²) in [4.78, 5) is 12.0. The third-order valence-corrected chi connectivity index (χ3v) is 4.73. The van der Waals surface area contributed by atoms with Gasteiger partial charge in [0.25, 0.3) is 0 Å². The van der Waals surface area contributed by atoms with Crippen LogP contribution >= 0.6 is 0 Å². The second-order valence-electron chi connectivity index (χ2n) is 6.47. The molecule has 0 aromatic heterocycles. The van der Waals surface area contributed by atoms with Crippen molar-refractivity contribution in [2.75, 3.05) is 14.2 Å². The van der Waals surface area contributed by atoms with Crippen LogP contribution in [0.15, 0.2) is 41.0 Å². The standard InChI is InChI=1S/C21H28O3/c1-15(9-12-19-16(2)6-5-7-20(19)22)8-10-17-14-18(23-3)11-13-21(17)24-4/h8,11,13-14H,5-7,9-10,12H2,1-4H3/b15-8+. The van der Waals surface area contributed by atoms with Crippen molar-refractivity contribution in [3.8, 4) is 11.5 Å². The molecule has 0 heterocycles. The van der Waals surface area contributed by atoms with Crippen LogP contribution in [0.4, 0.5) is 0 Å². The van der Waals surface area contributed by atoms with Crippen molar-refractivity contribution in [2.45, 2.75) is 52.4 Å². The summed E-state index contributed by atoms with van der Waals surface area (Å²) in [6.45, 7) is 4.24. The van der Waals surface area contributed by atoms with E-state index in [9.17, 15) is 4.79 Å². The van der Waals surface area contributed by atoms with E-state index in [2.05, 4.69) is 19.9 Å². The summed E-state index contributed by atoms with van der Waals surface area (Å²) >= 11 is 0. The summed E-state index contributed by atoms with van der Waals surface area (Å²) in [5, 5.41) is 0. The van der Waals surface area contributed by atoms with Gasteiger partial charge in [0.05, 0.1) is 14.2 Å². The van der Waals surface area contributed by atoms with Gasteiger partial charge in [0.15, 0.2) is 5.78 Å². The number of carbonyl (C=O) groups excluding carboxylic acids is 1. The number of benzene rings is 1. The van der Waals surface area contributed by atoms with E-state index in [-0.39, 0.29) is 0 Å². The Morgan fingerprint density at radius 1 is 1.21 bits per heavy atom. The largest absolute Gasteiger partial charge is 0.497 e. The van der Waals surface area contributed by atoms with Crippen LogP contribution < -0.4 is 9.47 Å². The van der Waals surface area contributed by atoms with Gasteiger partial charge in [-0.1, -0.05) is 17.2 Å². The Bertz CT molecular complexity index is 653. The summed E-state index contributed by atoms with van der Waals surface area (Å²) in [6, 6.07) is 5.86. The molecule has 0 amide bonds. The quantitative estimate of drug-likeness (QED) is 0.658. The molecule has 0 unspecified atom stereocenters. The maximum absolute atomic E-state index is 12.0. The SMILES string of the molecule is COc1ccc(OC)c(C/C=C(\C)CCC2=C(C)CCCC2=O)c1. The molecular formula is C21H28O3. The minimum absolute atomic E-state index is 0.348. The smallest absolute Gasteiger partial charge is 0.158 e. The lowest BCUT2D eigenvalue weighted by Crippen LogP contribution is -2.10. The highest BCUT2D eigenvalue weighted by molar-refractivity contribution is 5.96. The molecule has 0 atom stereocenters. The maximum Gasteiger partial charge on any atom is 0.158 e. The third kappa shape index (κ3) is 4.73. The third-order valence-electron chi connectivity index (χ3n) is 4.73. The van der Waals surface area contributed by atoms with Crippen molar-refractivity contribution in [1.29, 1.82) is 0 Å². The van der Waals surface area contributed by atoms with Crippen LogP contribution in [0, 0.1) is 0 Å². The average molecular weight is 328 g/mol. The molecule has 0 aliphatic heterocycles. The zero-order chi connectivity index (χ0) is 17.5. The van der Waals surface area contributed by atoms with Gasteiger partial charge in [-0.05, 0) is 69.7 Å². The van der Waals surface area contributed by atoms with Crippen molar-refractivity contribution in [3.05, 3.63) is 46.6 Å². The van der Waals surface area contributed by atoms with E-state index < -0.39 is 0 Å². The summed E-state index contributed by atoms with van der Waals surface area (Å²) in [5.41, 5.74) is 4.76. The van der Waals surface area contributed by atoms with Crippen LogP contribution in [0.3, 0.4) is 0 Å². The van der Waals surface area contributed by atoms with Crippen LogP contribution in [0.5, 0.6) is 11.5 Å². The van der Waals surface area contributed by atoms with Gasteiger partial charge in [-0.2, -0.15) is 0 Å². The van der Waals surface area contributed by atoms with E-state index in [1.807, 2.05) is 18.2 Å². The van der Waals surface area contributed by atoms with Gasteiger partial charge in [0, 0.05) is 12.0 Å². The molecule has 3 nitrogen and oxygen atoms in total. The monoisotopic (exact) mass is 328 g/mol. The zero-order valence-electron chi connectivity index (χ0n) is 15.3. The molecule has 130 valence electrons. The molecule has 1 aliphatic carbocycles. The Labute approximate surface area is 145 Å². The number of ether oxygens (including phenoxy) is 2. The van der Waals surface area contributed by atoms with E-state index in [0.29, 0.717) is 5.78 Å². The molecule has 0 saturated heterocycles. The van der Waals surface area contributed by atoms with Gasteiger partial charge in [0.2, 0.25) is 0 Å². The number of rotatable bonds is 7. The Kier molecular flexibility index (Phi) is 6.65. The second-order valence-corrected chi connectivity index (χ2v) is 6.47. The van der Waals surface area contributed by atoms with E-state index in [0.717, 1.165) is 61.2 Å². The molecule has 0 saturated carbocycles. The molecule has 0 spiro atoms. The topological polar surface area (TPSA) is 35.5 Å². The zero-order valence-corrected chi connectivity index (χ0v) is 15.3. The van der Waals surface area contributed by atoms with Crippen molar-refractivity contribution in [3.63, 3.8) is 0 Å². The Balaban J connectivity index is 2.00. The van der Waals surface area contributed by atoms with Gasteiger partial charge < -0.3 is 9.47 Å². The first-order chi connectivity index (χ1) is 11.5. The molecule has 1 aromatic rings. The minimum atomic E-state index is 0.348. The van der Waals surface area contributed by atoms with Gasteiger partial charge in [0.1, 0.15) is 11.5 Å². The number of hydrogen-bond acceptors (Lipinski definition) is 3. The van der Waals surface area contributed by atoms with E-state index in [1.54, 1.807) is 14.2 Å². The first-order valence-electron chi connectivity index (χ1n) is 8.63. The summed E-state index contributed by atoms with van der Waals surface area (Å²) in [6.07, 6.45) is 7.63. The predicted molar refractivity (Wildman–Crippen MR) is 97.8 cm³/mol. The number of methoxy groups -OCH3 is 2. The van der Waals surface area contributed by atoms with Gasteiger partial charge in [-0.3, -0.25) is 4.79 Å². The van der Waals surface area contributed by atoms with Crippen molar-refractivity contribution < 1.29 is 14.3 Å². The molecule has 1 aliphatic rings. The van der Waals surface area contributed by atoms with E-state index >= 15 is 0 Å². The average Bonchev–Trinajstić information content (AvgIpc) is 2.59. The second kappa shape index (κ2) is 8.72. The normalized spacial score (nSPS) is 15.7. The molecule has 0 fully saturated rings. The fourth-order valence-electron chi connectivity index (χ4n) is 3.16. The van der Waals surface area contributed by atoms with Crippen LogP contribution in [-0.2, 0) is 11.2 Å². The number of carbonyl (C=O) groups is 1. The lowest BCUT2D eigenvalue weighted by Gasteiger charge is -2.16. The molecule has 2 rings (SSSR count). The fraction of sp³-hybridized carbons (Fsp3) is 0.476. The van der Waals surface area contributed by atoms with E-state index in [4.69, 9.17) is 9.47 Å². The van der Waals surface area contributed by atoms with E-state index in [1.165, 1.54) is 11.1 Å². The number of ketones is 1.